The molecule has 1 aromatic heterocycles. The molecule has 1 aliphatic rings. The van der Waals surface area contributed by atoms with Gasteiger partial charge in [0.2, 0.25) is 5.95 Å². The fourth-order valence-electron chi connectivity index (χ4n) is 3.52. The molecule has 1 amide bonds. The van der Waals surface area contributed by atoms with Gasteiger partial charge in [-0.2, -0.15) is 0 Å². The first-order chi connectivity index (χ1) is 13.7. The van der Waals surface area contributed by atoms with Crippen molar-refractivity contribution in [2.24, 2.45) is 0 Å². The van der Waals surface area contributed by atoms with Gasteiger partial charge in [-0.25, -0.2) is 14.4 Å². The Morgan fingerprint density at radius 2 is 1.96 bits per heavy atom. The van der Waals surface area contributed by atoms with Crippen LogP contribution >= 0.6 is 0 Å². The highest BCUT2D eigenvalue weighted by molar-refractivity contribution is 5.94. The average Bonchev–Trinajstić information content (AvgIpc) is 2.74. The molecular weight excluding hydrogens is 355 g/mol. The summed E-state index contributed by atoms with van der Waals surface area (Å²) in [6, 6.07) is 17.4. The first-order valence-electron chi connectivity index (χ1n) is 9.39. The third kappa shape index (κ3) is 4.17. The van der Waals surface area contributed by atoms with Gasteiger partial charge in [-0.15, -0.1) is 0 Å². The molecule has 0 unspecified atom stereocenters. The lowest BCUT2D eigenvalue weighted by Crippen LogP contribution is -2.39. The summed E-state index contributed by atoms with van der Waals surface area (Å²) >= 11 is 0. The molecule has 142 valence electrons. The third-order valence-electron chi connectivity index (χ3n) is 4.91. The van der Waals surface area contributed by atoms with Crippen molar-refractivity contribution in [3.8, 4) is 0 Å². The molecule has 1 N–H and O–H groups in total. The number of benzene rings is 2. The standard InChI is InChI=1S/C22H21FN4O/c23-18-9-4-10-19(14-18)25-22-24-12-11-20(26-22)17-8-5-13-27(15-17)21(28)16-6-2-1-3-7-16/h1-4,6-7,9-12,14,17H,5,8,13,15H2,(H,24,25,26)/t17-/m1/s1. The van der Waals surface area contributed by atoms with E-state index in [-0.39, 0.29) is 17.6 Å². The zero-order valence-electron chi connectivity index (χ0n) is 15.4. The topological polar surface area (TPSA) is 58.1 Å². The highest BCUT2D eigenvalue weighted by Crippen LogP contribution is 2.27. The van der Waals surface area contributed by atoms with Crippen LogP contribution in [0.5, 0.6) is 0 Å². The fourth-order valence-corrected chi connectivity index (χ4v) is 3.52. The van der Waals surface area contributed by atoms with Gasteiger partial charge < -0.3 is 10.2 Å². The van der Waals surface area contributed by atoms with Crippen molar-refractivity contribution in [2.45, 2.75) is 18.8 Å². The molecule has 0 radical (unpaired) electrons. The minimum Gasteiger partial charge on any atom is -0.338 e. The van der Waals surface area contributed by atoms with Gasteiger partial charge in [0.1, 0.15) is 5.82 Å². The quantitative estimate of drug-likeness (QED) is 0.734. The average molecular weight is 376 g/mol. The lowest BCUT2D eigenvalue weighted by molar-refractivity contribution is 0.0706. The molecule has 1 aliphatic heterocycles. The first-order valence-corrected chi connectivity index (χ1v) is 9.39. The van der Waals surface area contributed by atoms with Crippen LogP contribution < -0.4 is 5.32 Å². The Morgan fingerprint density at radius 3 is 2.79 bits per heavy atom. The van der Waals surface area contributed by atoms with Crippen LogP contribution in [0.15, 0.2) is 66.9 Å². The maximum atomic E-state index is 13.4. The van der Waals surface area contributed by atoms with Crippen LogP contribution in [0.1, 0.15) is 34.8 Å². The van der Waals surface area contributed by atoms with Crippen LogP contribution in [-0.2, 0) is 0 Å². The highest BCUT2D eigenvalue weighted by Gasteiger charge is 2.26. The van der Waals surface area contributed by atoms with Crippen molar-refractivity contribution in [3.63, 3.8) is 0 Å². The summed E-state index contributed by atoms with van der Waals surface area (Å²) in [5.41, 5.74) is 2.19. The molecule has 0 spiro atoms. The third-order valence-corrected chi connectivity index (χ3v) is 4.91. The van der Waals surface area contributed by atoms with Gasteiger partial charge in [0, 0.05) is 36.5 Å². The first kappa shape index (κ1) is 18.1. The summed E-state index contributed by atoms with van der Waals surface area (Å²) in [5, 5.41) is 3.04. The molecule has 0 bridgehead atoms. The normalized spacial score (nSPS) is 16.6. The number of likely N-dealkylation sites (tertiary alicyclic amines) is 1. The van der Waals surface area contributed by atoms with E-state index in [9.17, 15) is 9.18 Å². The Kier molecular flexibility index (Phi) is 5.28. The predicted molar refractivity (Wildman–Crippen MR) is 106 cm³/mol. The van der Waals surface area contributed by atoms with Crippen molar-refractivity contribution in [3.05, 3.63) is 83.9 Å². The molecule has 1 saturated heterocycles. The second-order valence-corrected chi connectivity index (χ2v) is 6.90. The largest absolute Gasteiger partial charge is 0.338 e. The van der Waals surface area contributed by atoms with Crippen LogP contribution in [0.2, 0.25) is 0 Å². The van der Waals surface area contributed by atoms with Crippen molar-refractivity contribution < 1.29 is 9.18 Å². The molecule has 28 heavy (non-hydrogen) atoms. The molecule has 4 rings (SSSR count). The smallest absolute Gasteiger partial charge is 0.253 e. The van der Waals surface area contributed by atoms with E-state index in [1.165, 1.54) is 12.1 Å². The Morgan fingerprint density at radius 1 is 1.11 bits per heavy atom. The van der Waals surface area contributed by atoms with Gasteiger partial charge in [0.05, 0.1) is 5.69 Å². The van der Waals surface area contributed by atoms with E-state index in [2.05, 4.69) is 15.3 Å². The van der Waals surface area contributed by atoms with Gasteiger partial charge in [-0.05, 0) is 49.2 Å². The zero-order valence-corrected chi connectivity index (χ0v) is 15.4. The van der Waals surface area contributed by atoms with Crippen molar-refractivity contribution >= 4 is 17.5 Å². The maximum Gasteiger partial charge on any atom is 0.253 e. The molecule has 5 nitrogen and oxygen atoms in total. The molecule has 0 aliphatic carbocycles. The lowest BCUT2D eigenvalue weighted by atomic mass is 9.94. The zero-order chi connectivity index (χ0) is 19.3. The number of nitrogens with one attached hydrogen (secondary N) is 1. The van der Waals surface area contributed by atoms with E-state index in [0.29, 0.717) is 23.7 Å². The van der Waals surface area contributed by atoms with Crippen LogP contribution in [0.3, 0.4) is 0 Å². The summed E-state index contributed by atoms with van der Waals surface area (Å²) in [6.07, 6.45) is 3.59. The number of nitrogens with zero attached hydrogens (tertiary/aromatic N) is 3. The molecule has 1 atom stereocenters. The number of carbonyl (C=O) groups excluding carboxylic acids is 1. The maximum absolute atomic E-state index is 13.4. The second-order valence-electron chi connectivity index (χ2n) is 6.90. The van der Waals surface area contributed by atoms with Crippen LogP contribution in [0.25, 0.3) is 0 Å². The summed E-state index contributed by atoms with van der Waals surface area (Å²) in [5.74, 6) is 0.313. The van der Waals surface area contributed by atoms with Gasteiger partial charge in [0.15, 0.2) is 0 Å². The number of aromatic nitrogens is 2. The molecule has 1 fully saturated rings. The van der Waals surface area contributed by atoms with Gasteiger partial charge >= 0.3 is 0 Å². The van der Waals surface area contributed by atoms with Gasteiger partial charge in [0.25, 0.3) is 5.91 Å². The highest BCUT2D eigenvalue weighted by atomic mass is 19.1. The molecule has 3 aromatic rings. The monoisotopic (exact) mass is 376 g/mol. The van der Waals surface area contributed by atoms with Crippen LogP contribution in [0, 0.1) is 5.82 Å². The minimum atomic E-state index is -0.316. The fraction of sp³-hybridized carbons (Fsp3) is 0.227. The van der Waals surface area contributed by atoms with Crippen molar-refractivity contribution in [2.75, 3.05) is 18.4 Å². The van der Waals surface area contributed by atoms with Gasteiger partial charge in [-0.1, -0.05) is 24.3 Å². The Hall–Kier alpha value is -3.28. The lowest BCUT2D eigenvalue weighted by Gasteiger charge is -2.32. The van der Waals surface area contributed by atoms with E-state index < -0.39 is 0 Å². The van der Waals surface area contributed by atoms with Crippen molar-refractivity contribution in [1.82, 2.24) is 14.9 Å². The molecule has 6 heteroatoms. The van der Waals surface area contributed by atoms with Crippen LogP contribution in [-0.4, -0.2) is 33.9 Å². The number of amides is 1. The Balaban J connectivity index is 1.48. The number of piperidine rings is 1. The number of hydrogen-bond acceptors (Lipinski definition) is 4. The number of anilines is 2. The second kappa shape index (κ2) is 8.17. The van der Waals surface area contributed by atoms with E-state index in [1.807, 2.05) is 41.3 Å². The molecular formula is C22H21FN4O. The van der Waals surface area contributed by atoms with E-state index >= 15 is 0 Å². The number of carbonyl (C=O) groups is 1. The number of hydrogen-bond donors (Lipinski definition) is 1. The summed E-state index contributed by atoms with van der Waals surface area (Å²) in [7, 11) is 0. The summed E-state index contributed by atoms with van der Waals surface area (Å²) < 4.78 is 13.4. The number of rotatable bonds is 4. The Bertz CT molecular complexity index is 964. The van der Waals surface area contributed by atoms with Crippen LogP contribution in [0.4, 0.5) is 16.0 Å². The Labute approximate surface area is 163 Å². The van der Waals surface area contributed by atoms with E-state index in [4.69, 9.17) is 0 Å². The summed E-state index contributed by atoms with van der Waals surface area (Å²) in [6.45, 7) is 1.38. The molecule has 0 saturated carbocycles. The van der Waals surface area contributed by atoms with E-state index in [0.717, 1.165) is 25.1 Å². The molecule has 2 aromatic carbocycles. The van der Waals surface area contributed by atoms with Crippen molar-refractivity contribution in [1.29, 1.82) is 0 Å². The minimum absolute atomic E-state index is 0.0532. The molecule has 2 heterocycles. The van der Waals surface area contributed by atoms with Gasteiger partial charge in [-0.3, -0.25) is 4.79 Å². The van der Waals surface area contributed by atoms with E-state index in [1.54, 1.807) is 18.3 Å². The summed E-state index contributed by atoms with van der Waals surface area (Å²) in [4.78, 5) is 23.5. The number of halogens is 1. The predicted octanol–water partition coefficient (Wildman–Crippen LogP) is 4.38. The SMILES string of the molecule is O=C(c1ccccc1)N1CCC[C@@H](c2ccnc(Nc3cccc(F)c3)n2)C1.